The second-order valence-electron chi connectivity index (χ2n) is 3.90. The van der Waals surface area contributed by atoms with Crippen molar-refractivity contribution < 1.29 is 5.11 Å². The molecule has 0 bridgehead atoms. The first-order chi connectivity index (χ1) is 8.61. The van der Waals surface area contributed by atoms with E-state index in [0.29, 0.717) is 5.69 Å². The average molecular weight is 241 g/mol. The molecule has 0 aliphatic carbocycles. The Balaban J connectivity index is 2.61. The van der Waals surface area contributed by atoms with E-state index in [0.717, 1.165) is 11.6 Å². The quantitative estimate of drug-likeness (QED) is 0.859. The van der Waals surface area contributed by atoms with Gasteiger partial charge in [-0.05, 0) is 24.6 Å². The van der Waals surface area contributed by atoms with E-state index in [9.17, 15) is 9.90 Å². The van der Waals surface area contributed by atoms with Gasteiger partial charge in [-0.15, -0.1) is 0 Å². The zero-order valence-corrected chi connectivity index (χ0v) is 9.79. The van der Waals surface area contributed by atoms with Crippen LogP contribution in [0.15, 0.2) is 35.1 Å². The summed E-state index contributed by atoms with van der Waals surface area (Å²) in [6.07, 6.45) is -0.0437. The van der Waals surface area contributed by atoms with Crippen LogP contribution < -0.4 is 5.56 Å². The summed E-state index contributed by atoms with van der Waals surface area (Å²) in [5.41, 5.74) is 1.37. The third-order valence-electron chi connectivity index (χ3n) is 2.48. The number of hydrogen-bond acceptors (Lipinski definition) is 4. The standard InChI is InChI=1S/C13H11N3O2/c1-9-3-2-4-10(7-9)16-13(18)8-12(17)11(15-16)5-6-14/h2-4,7-8,17H,5H2,1H3. The van der Waals surface area contributed by atoms with Crippen LogP contribution in [0.25, 0.3) is 5.69 Å². The lowest BCUT2D eigenvalue weighted by atomic mass is 10.2. The van der Waals surface area contributed by atoms with Gasteiger partial charge in [-0.3, -0.25) is 4.79 Å². The van der Waals surface area contributed by atoms with Gasteiger partial charge in [0.2, 0.25) is 0 Å². The molecule has 2 aromatic rings. The monoisotopic (exact) mass is 241 g/mol. The smallest absolute Gasteiger partial charge is 0.275 e. The molecular formula is C13H11N3O2. The van der Waals surface area contributed by atoms with Crippen molar-refractivity contribution in [1.29, 1.82) is 5.26 Å². The second-order valence-corrected chi connectivity index (χ2v) is 3.90. The number of aromatic nitrogens is 2. The number of aryl methyl sites for hydroxylation is 1. The third-order valence-corrected chi connectivity index (χ3v) is 2.48. The summed E-state index contributed by atoms with van der Waals surface area (Å²) < 4.78 is 1.18. The van der Waals surface area contributed by atoms with E-state index in [1.807, 2.05) is 31.2 Å². The molecule has 0 spiro atoms. The molecule has 0 atom stereocenters. The predicted molar refractivity (Wildman–Crippen MR) is 65.6 cm³/mol. The SMILES string of the molecule is Cc1cccc(-n2nc(CC#N)c(O)cc2=O)c1. The van der Waals surface area contributed by atoms with Gasteiger partial charge in [0, 0.05) is 6.07 Å². The van der Waals surface area contributed by atoms with E-state index in [1.165, 1.54) is 4.68 Å². The molecule has 90 valence electrons. The van der Waals surface area contributed by atoms with Crippen LogP contribution in [0.3, 0.4) is 0 Å². The summed E-state index contributed by atoms with van der Waals surface area (Å²) in [4.78, 5) is 11.8. The van der Waals surface area contributed by atoms with Crippen LogP contribution >= 0.6 is 0 Å². The Morgan fingerprint density at radius 1 is 1.44 bits per heavy atom. The van der Waals surface area contributed by atoms with Crippen LogP contribution in [-0.2, 0) is 6.42 Å². The second kappa shape index (κ2) is 4.72. The minimum Gasteiger partial charge on any atom is -0.506 e. The van der Waals surface area contributed by atoms with Crippen molar-refractivity contribution in [3.63, 3.8) is 0 Å². The van der Waals surface area contributed by atoms with Crippen molar-refractivity contribution in [2.24, 2.45) is 0 Å². The van der Waals surface area contributed by atoms with Crippen molar-refractivity contribution in [2.75, 3.05) is 0 Å². The van der Waals surface area contributed by atoms with Crippen LogP contribution in [0.5, 0.6) is 5.75 Å². The highest BCUT2D eigenvalue weighted by molar-refractivity contribution is 5.36. The minimum atomic E-state index is -0.431. The van der Waals surface area contributed by atoms with Gasteiger partial charge in [-0.1, -0.05) is 12.1 Å². The fraction of sp³-hybridized carbons (Fsp3) is 0.154. The van der Waals surface area contributed by atoms with Gasteiger partial charge in [-0.2, -0.15) is 15.0 Å². The average Bonchev–Trinajstić information content (AvgIpc) is 2.33. The normalized spacial score (nSPS) is 10.0. The molecule has 0 amide bonds. The van der Waals surface area contributed by atoms with Crippen LogP contribution in [0.2, 0.25) is 0 Å². The fourth-order valence-corrected chi connectivity index (χ4v) is 1.63. The van der Waals surface area contributed by atoms with Gasteiger partial charge >= 0.3 is 0 Å². The molecule has 1 aromatic carbocycles. The summed E-state index contributed by atoms with van der Waals surface area (Å²) in [6.45, 7) is 1.91. The molecule has 0 aliphatic heterocycles. The lowest BCUT2D eigenvalue weighted by Crippen LogP contribution is -2.21. The van der Waals surface area contributed by atoms with Crippen LogP contribution in [-0.4, -0.2) is 14.9 Å². The number of benzene rings is 1. The van der Waals surface area contributed by atoms with Crippen molar-refractivity contribution >= 4 is 0 Å². The van der Waals surface area contributed by atoms with Gasteiger partial charge in [0.25, 0.3) is 5.56 Å². The summed E-state index contributed by atoms with van der Waals surface area (Å²) >= 11 is 0. The summed E-state index contributed by atoms with van der Waals surface area (Å²) in [5.74, 6) is -0.245. The molecule has 18 heavy (non-hydrogen) atoms. The number of hydrogen-bond donors (Lipinski definition) is 1. The van der Waals surface area contributed by atoms with E-state index in [-0.39, 0.29) is 17.9 Å². The zero-order valence-electron chi connectivity index (χ0n) is 9.79. The molecule has 0 fully saturated rings. The topological polar surface area (TPSA) is 78.9 Å². The molecule has 5 heteroatoms. The highest BCUT2D eigenvalue weighted by atomic mass is 16.3. The van der Waals surface area contributed by atoms with E-state index >= 15 is 0 Å². The van der Waals surface area contributed by atoms with Crippen molar-refractivity contribution in [3.05, 3.63) is 51.9 Å². The van der Waals surface area contributed by atoms with E-state index in [4.69, 9.17) is 5.26 Å². The summed E-state index contributed by atoms with van der Waals surface area (Å²) in [5, 5.41) is 22.2. The summed E-state index contributed by atoms with van der Waals surface area (Å²) in [7, 11) is 0. The number of nitrogens with zero attached hydrogens (tertiary/aromatic N) is 3. The molecule has 0 saturated heterocycles. The Morgan fingerprint density at radius 2 is 2.22 bits per heavy atom. The molecule has 1 N–H and O–H groups in total. The fourth-order valence-electron chi connectivity index (χ4n) is 1.63. The molecule has 0 radical (unpaired) electrons. The Labute approximate surface area is 104 Å². The lowest BCUT2D eigenvalue weighted by molar-refractivity contribution is 0.459. The molecule has 2 rings (SSSR count). The molecule has 1 aromatic heterocycles. The summed E-state index contributed by atoms with van der Waals surface area (Å²) in [6, 6.07) is 10.2. The number of rotatable bonds is 2. The first-order valence-electron chi connectivity index (χ1n) is 5.38. The van der Waals surface area contributed by atoms with Gasteiger partial charge < -0.3 is 5.11 Å². The van der Waals surface area contributed by atoms with Crippen molar-refractivity contribution in [1.82, 2.24) is 9.78 Å². The Hall–Kier alpha value is -2.61. The maximum absolute atomic E-state index is 11.8. The highest BCUT2D eigenvalue weighted by Gasteiger charge is 2.09. The molecule has 0 unspecified atom stereocenters. The first kappa shape index (κ1) is 11.9. The molecule has 5 nitrogen and oxygen atoms in total. The zero-order chi connectivity index (χ0) is 13.1. The number of aromatic hydroxyl groups is 1. The maximum Gasteiger partial charge on any atom is 0.275 e. The largest absolute Gasteiger partial charge is 0.506 e. The first-order valence-corrected chi connectivity index (χ1v) is 5.38. The highest BCUT2D eigenvalue weighted by Crippen LogP contribution is 2.13. The van der Waals surface area contributed by atoms with Crippen LogP contribution in [0.4, 0.5) is 0 Å². The minimum absolute atomic E-state index is 0.0437. The van der Waals surface area contributed by atoms with Gasteiger partial charge in [0.05, 0.1) is 18.2 Å². The van der Waals surface area contributed by atoms with Gasteiger partial charge in [-0.25, -0.2) is 0 Å². The van der Waals surface area contributed by atoms with Crippen LogP contribution in [0, 0.1) is 18.3 Å². The van der Waals surface area contributed by atoms with Crippen LogP contribution in [0.1, 0.15) is 11.3 Å². The van der Waals surface area contributed by atoms with Crippen molar-refractivity contribution in [2.45, 2.75) is 13.3 Å². The third kappa shape index (κ3) is 2.23. The van der Waals surface area contributed by atoms with E-state index in [1.54, 1.807) is 6.07 Å². The van der Waals surface area contributed by atoms with Crippen molar-refractivity contribution in [3.8, 4) is 17.5 Å². The lowest BCUT2D eigenvalue weighted by Gasteiger charge is -2.07. The Kier molecular flexibility index (Phi) is 3.11. The molecule has 1 heterocycles. The number of nitriles is 1. The molecule has 0 saturated carbocycles. The molecule has 0 aliphatic rings. The predicted octanol–water partition coefficient (Wildman–Crippen LogP) is 1.31. The van der Waals surface area contributed by atoms with E-state index in [2.05, 4.69) is 5.10 Å². The van der Waals surface area contributed by atoms with Gasteiger partial charge in [0.1, 0.15) is 11.4 Å². The Bertz CT molecular complexity index is 683. The Morgan fingerprint density at radius 3 is 2.89 bits per heavy atom. The maximum atomic E-state index is 11.8. The molecular weight excluding hydrogens is 230 g/mol. The van der Waals surface area contributed by atoms with E-state index < -0.39 is 5.56 Å². The van der Waals surface area contributed by atoms with Gasteiger partial charge in [0.15, 0.2) is 0 Å².